The number of ether oxygens (including phenoxy) is 2. The van der Waals surface area contributed by atoms with Crippen LogP contribution >= 0.6 is 0 Å². The molecule has 0 unspecified atom stereocenters. The quantitative estimate of drug-likeness (QED) is 0.109. The first-order valence-electron chi connectivity index (χ1n) is 17.0. The zero-order chi connectivity index (χ0) is 36.0. The fraction of sp³-hybridized carbons (Fsp3) is 0.268. The number of benzene rings is 5. The van der Waals surface area contributed by atoms with Crippen LogP contribution in [0.5, 0.6) is 5.75 Å². The Labute approximate surface area is 299 Å². The van der Waals surface area contributed by atoms with E-state index >= 15 is 0 Å². The Morgan fingerprint density at radius 1 is 0.784 bits per heavy atom. The van der Waals surface area contributed by atoms with Gasteiger partial charge in [0.1, 0.15) is 5.75 Å². The Morgan fingerprint density at radius 2 is 1.49 bits per heavy atom. The SMILES string of the molecule is C[C@H]1[C@@H](CN(C)C[C@@H](O)c2cccc(O)c2)O[C@@H](c2cccc(-c3cccc(CNS(=O)(=O)c4ccccc4)c3)c2)O[C@H]1c1ccc(CO)cc1. The lowest BCUT2D eigenvalue weighted by Crippen LogP contribution is -2.44. The lowest BCUT2D eigenvalue weighted by atomic mass is 9.89. The smallest absolute Gasteiger partial charge is 0.240 e. The highest BCUT2D eigenvalue weighted by Gasteiger charge is 2.39. The predicted octanol–water partition coefficient (Wildman–Crippen LogP) is 6.49. The second kappa shape index (κ2) is 16.3. The maximum atomic E-state index is 12.8. The molecular formula is C41H44N2O7S. The number of hydrogen-bond donors (Lipinski definition) is 4. The van der Waals surface area contributed by atoms with E-state index < -0.39 is 22.4 Å². The van der Waals surface area contributed by atoms with Gasteiger partial charge >= 0.3 is 0 Å². The van der Waals surface area contributed by atoms with Gasteiger partial charge in [-0.3, -0.25) is 0 Å². The molecule has 10 heteroatoms. The van der Waals surface area contributed by atoms with Crippen molar-refractivity contribution >= 4 is 10.0 Å². The number of aliphatic hydroxyl groups is 2. The summed E-state index contributed by atoms with van der Waals surface area (Å²) in [6.07, 6.45) is -2.07. The molecule has 5 atom stereocenters. The van der Waals surface area contributed by atoms with Crippen molar-refractivity contribution in [3.63, 3.8) is 0 Å². The van der Waals surface area contributed by atoms with E-state index in [1.807, 2.05) is 84.7 Å². The summed E-state index contributed by atoms with van der Waals surface area (Å²) in [5.74, 6) is 0.0521. The molecule has 4 N–H and O–H groups in total. The molecule has 0 spiro atoms. The third kappa shape index (κ3) is 9.10. The number of phenols is 1. The Balaban J connectivity index is 1.22. The van der Waals surface area contributed by atoms with E-state index in [1.165, 1.54) is 0 Å². The van der Waals surface area contributed by atoms with Crippen molar-refractivity contribution in [1.82, 2.24) is 9.62 Å². The first-order valence-corrected chi connectivity index (χ1v) is 18.5. The van der Waals surface area contributed by atoms with Crippen LogP contribution in [0.4, 0.5) is 0 Å². The molecule has 1 saturated heterocycles. The molecule has 1 fully saturated rings. The summed E-state index contributed by atoms with van der Waals surface area (Å²) in [6, 6.07) is 38.4. The third-order valence-electron chi connectivity index (χ3n) is 9.29. The fourth-order valence-electron chi connectivity index (χ4n) is 6.43. The van der Waals surface area contributed by atoms with Crippen LogP contribution in [0.15, 0.2) is 132 Å². The van der Waals surface area contributed by atoms with Gasteiger partial charge in [0.2, 0.25) is 10.0 Å². The van der Waals surface area contributed by atoms with Crippen molar-refractivity contribution in [3.05, 3.63) is 155 Å². The highest BCUT2D eigenvalue weighted by Crippen LogP contribution is 2.42. The first-order chi connectivity index (χ1) is 24.6. The van der Waals surface area contributed by atoms with Crippen molar-refractivity contribution in [3.8, 4) is 16.9 Å². The highest BCUT2D eigenvalue weighted by molar-refractivity contribution is 7.89. The van der Waals surface area contributed by atoms with E-state index in [1.54, 1.807) is 54.6 Å². The molecule has 5 aromatic carbocycles. The van der Waals surface area contributed by atoms with Gasteiger partial charge in [-0.05, 0) is 76.8 Å². The van der Waals surface area contributed by atoms with Gasteiger partial charge < -0.3 is 29.7 Å². The average Bonchev–Trinajstić information content (AvgIpc) is 3.15. The van der Waals surface area contributed by atoms with Crippen LogP contribution in [0.1, 0.15) is 53.2 Å². The maximum absolute atomic E-state index is 12.8. The molecular weight excluding hydrogens is 665 g/mol. The number of aliphatic hydroxyl groups excluding tert-OH is 2. The summed E-state index contributed by atoms with van der Waals surface area (Å²) >= 11 is 0. The van der Waals surface area contributed by atoms with Gasteiger partial charge in [0, 0.05) is 31.1 Å². The summed E-state index contributed by atoms with van der Waals surface area (Å²) < 4.78 is 41.7. The van der Waals surface area contributed by atoms with Gasteiger partial charge in [-0.15, -0.1) is 0 Å². The van der Waals surface area contributed by atoms with Crippen molar-refractivity contribution in [2.45, 2.75) is 49.6 Å². The molecule has 51 heavy (non-hydrogen) atoms. The molecule has 0 bridgehead atoms. The number of sulfonamides is 1. The number of likely N-dealkylation sites (N-methyl/N-ethyl adjacent to an activating group) is 1. The molecule has 5 aromatic rings. The molecule has 266 valence electrons. The molecule has 1 aliphatic rings. The number of rotatable bonds is 13. The zero-order valence-corrected chi connectivity index (χ0v) is 29.5. The third-order valence-corrected chi connectivity index (χ3v) is 10.7. The van der Waals surface area contributed by atoms with E-state index in [0.717, 1.165) is 33.4 Å². The standard InChI is InChI=1S/C41H44N2O7S/c1-28-39(26-43(2)25-38(46)34-12-8-14-36(45)23-34)49-41(50-40(28)31-19-17-29(27-44)18-20-31)35-13-7-11-33(22-35)32-10-6-9-30(21-32)24-42-51(47,48)37-15-4-3-5-16-37/h3-23,28,38-42,44-46H,24-27H2,1-2H3/t28-,38+,39+,40+,41+/m0/s1. The fourth-order valence-corrected chi connectivity index (χ4v) is 7.47. The Kier molecular flexibility index (Phi) is 11.6. The van der Waals surface area contributed by atoms with Gasteiger partial charge in [-0.2, -0.15) is 0 Å². The summed E-state index contributed by atoms with van der Waals surface area (Å²) in [4.78, 5) is 2.24. The summed E-state index contributed by atoms with van der Waals surface area (Å²) in [5.41, 5.74) is 5.93. The first kappa shape index (κ1) is 36.4. The van der Waals surface area contributed by atoms with Crippen LogP contribution in [0, 0.1) is 5.92 Å². The van der Waals surface area contributed by atoms with Crippen LogP contribution in [-0.4, -0.2) is 54.9 Å². The molecule has 0 saturated carbocycles. The molecule has 1 aliphatic heterocycles. The van der Waals surface area contributed by atoms with Crippen LogP contribution in [0.3, 0.4) is 0 Å². The number of hydrogen-bond acceptors (Lipinski definition) is 8. The van der Waals surface area contributed by atoms with E-state index in [4.69, 9.17) is 9.47 Å². The predicted molar refractivity (Wildman–Crippen MR) is 196 cm³/mol. The van der Waals surface area contributed by atoms with Gasteiger partial charge in [-0.25, -0.2) is 13.1 Å². The number of nitrogens with one attached hydrogen (secondary N) is 1. The monoisotopic (exact) mass is 708 g/mol. The van der Waals surface area contributed by atoms with Crippen LogP contribution in [-0.2, 0) is 32.6 Å². The van der Waals surface area contributed by atoms with Gasteiger partial charge in [0.15, 0.2) is 6.29 Å². The summed E-state index contributed by atoms with van der Waals surface area (Å²) in [7, 11) is -1.72. The maximum Gasteiger partial charge on any atom is 0.240 e. The van der Waals surface area contributed by atoms with Crippen LogP contribution in [0.25, 0.3) is 11.1 Å². The zero-order valence-electron chi connectivity index (χ0n) is 28.7. The average molecular weight is 709 g/mol. The van der Waals surface area contributed by atoms with Gasteiger partial charge in [0.05, 0.1) is 29.8 Å². The van der Waals surface area contributed by atoms with E-state index in [9.17, 15) is 23.7 Å². The minimum absolute atomic E-state index is 0.0467. The van der Waals surface area contributed by atoms with Crippen molar-refractivity contribution < 1.29 is 33.2 Å². The molecule has 9 nitrogen and oxygen atoms in total. The van der Waals surface area contributed by atoms with Crippen molar-refractivity contribution in [1.29, 1.82) is 0 Å². The molecule has 1 heterocycles. The normalized spacial score (nSPS) is 19.9. The molecule has 0 aromatic heterocycles. The van der Waals surface area contributed by atoms with Crippen LogP contribution < -0.4 is 4.72 Å². The number of phenolic OH excluding ortho intramolecular Hbond substituents is 1. The van der Waals surface area contributed by atoms with Crippen molar-refractivity contribution in [2.24, 2.45) is 5.92 Å². The lowest BCUT2D eigenvalue weighted by molar-refractivity contribution is -0.276. The second-order valence-corrected chi connectivity index (χ2v) is 14.9. The topological polar surface area (TPSA) is 129 Å². The largest absolute Gasteiger partial charge is 0.508 e. The number of aromatic hydroxyl groups is 1. The number of nitrogens with zero attached hydrogens (tertiary/aromatic N) is 1. The molecule has 0 aliphatic carbocycles. The molecule has 0 radical (unpaired) electrons. The minimum atomic E-state index is -3.65. The van der Waals surface area contributed by atoms with E-state index in [0.29, 0.717) is 18.7 Å². The van der Waals surface area contributed by atoms with Gasteiger partial charge in [-0.1, -0.05) is 97.9 Å². The van der Waals surface area contributed by atoms with E-state index in [2.05, 4.69) is 11.6 Å². The lowest BCUT2D eigenvalue weighted by Gasteiger charge is -2.42. The second-order valence-electron chi connectivity index (χ2n) is 13.1. The van der Waals surface area contributed by atoms with Crippen LogP contribution in [0.2, 0.25) is 0 Å². The minimum Gasteiger partial charge on any atom is -0.508 e. The molecule has 0 amide bonds. The molecule has 6 rings (SSSR count). The summed E-state index contributed by atoms with van der Waals surface area (Å²) in [6.45, 7) is 3.05. The van der Waals surface area contributed by atoms with Gasteiger partial charge in [0.25, 0.3) is 0 Å². The Hall–Kier alpha value is -4.39. The Morgan fingerprint density at radius 3 is 2.22 bits per heavy atom. The highest BCUT2D eigenvalue weighted by atomic mass is 32.2. The Bertz CT molecular complexity index is 2010. The van der Waals surface area contributed by atoms with E-state index in [-0.39, 0.29) is 41.9 Å². The van der Waals surface area contributed by atoms with Crippen molar-refractivity contribution in [2.75, 3.05) is 20.1 Å². The summed E-state index contributed by atoms with van der Waals surface area (Å²) in [5, 5.41) is 30.5.